The number of benzene rings is 1. The molecule has 0 fully saturated rings. The predicted octanol–water partition coefficient (Wildman–Crippen LogP) is 3.49. The summed E-state index contributed by atoms with van der Waals surface area (Å²) in [5, 5.41) is 3.82. The molecular formula is C14H18N2O2. The third-order valence-electron chi connectivity index (χ3n) is 2.96. The van der Waals surface area contributed by atoms with Crippen molar-refractivity contribution in [1.82, 2.24) is 10.1 Å². The molecule has 0 spiro atoms. The summed E-state index contributed by atoms with van der Waals surface area (Å²) in [4.78, 5) is 4.26. The van der Waals surface area contributed by atoms with E-state index in [4.69, 9.17) is 9.26 Å². The summed E-state index contributed by atoms with van der Waals surface area (Å²) in [6.07, 6.45) is 0. The molecule has 1 heterocycles. The van der Waals surface area contributed by atoms with Crippen molar-refractivity contribution in [2.24, 2.45) is 0 Å². The Morgan fingerprint density at radius 1 is 1.22 bits per heavy atom. The van der Waals surface area contributed by atoms with Gasteiger partial charge in [0, 0.05) is 5.56 Å². The molecule has 4 nitrogen and oxygen atoms in total. The summed E-state index contributed by atoms with van der Waals surface area (Å²) in [7, 11) is 1.68. The van der Waals surface area contributed by atoms with Crippen LogP contribution in [0.4, 0.5) is 0 Å². The van der Waals surface area contributed by atoms with Crippen molar-refractivity contribution in [3.05, 3.63) is 29.1 Å². The van der Waals surface area contributed by atoms with Crippen LogP contribution in [0.15, 0.2) is 16.7 Å². The minimum absolute atomic E-state index is 0.414. The van der Waals surface area contributed by atoms with Gasteiger partial charge in [-0.15, -0.1) is 0 Å². The lowest BCUT2D eigenvalue weighted by Gasteiger charge is -2.14. The molecule has 0 amide bonds. The number of ether oxygens (including phenoxy) is 1. The Bertz CT molecular complexity index is 559. The van der Waals surface area contributed by atoms with Crippen LogP contribution in [-0.4, -0.2) is 17.3 Å². The lowest BCUT2D eigenvalue weighted by Crippen LogP contribution is -1.97. The van der Waals surface area contributed by atoms with Gasteiger partial charge in [0.25, 0.3) is 5.89 Å². The summed E-state index contributed by atoms with van der Waals surface area (Å²) in [5.74, 6) is 2.45. The van der Waals surface area contributed by atoms with Crippen molar-refractivity contribution < 1.29 is 9.26 Å². The standard InChI is InChI=1S/C14H18N2O2/c1-8(2)11-6-9(3)12(7-13(11)17-5)14-15-10(4)16-18-14/h6-8H,1-5H3. The summed E-state index contributed by atoms with van der Waals surface area (Å²) < 4.78 is 10.7. The smallest absolute Gasteiger partial charge is 0.258 e. The monoisotopic (exact) mass is 246 g/mol. The van der Waals surface area contributed by atoms with Crippen molar-refractivity contribution in [2.75, 3.05) is 7.11 Å². The van der Waals surface area contributed by atoms with Crippen LogP contribution >= 0.6 is 0 Å². The van der Waals surface area contributed by atoms with Gasteiger partial charge in [0.05, 0.1) is 7.11 Å². The first-order valence-electron chi connectivity index (χ1n) is 6.02. The van der Waals surface area contributed by atoms with Gasteiger partial charge in [-0.3, -0.25) is 0 Å². The van der Waals surface area contributed by atoms with Crippen LogP contribution in [-0.2, 0) is 0 Å². The van der Waals surface area contributed by atoms with Crippen molar-refractivity contribution >= 4 is 0 Å². The average Bonchev–Trinajstić information content (AvgIpc) is 2.75. The maximum Gasteiger partial charge on any atom is 0.258 e. The molecule has 96 valence electrons. The summed E-state index contributed by atoms with van der Waals surface area (Å²) in [6.45, 7) is 8.14. The molecular weight excluding hydrogens is 228 g/mol. The lowest BCUT2D eigenvalue weighted by atomic mass is 9.96. The number of aromatic nitrogens is 2. The Balaban J connectivity index is 2.56. The largest absolute Gasteiger partial charge is 0.496 e. The van der Waals surface area contributed by atoms with Crippen molar-refractivity contribution in [3.63, 3.8) is 0 Å². The third kappa shape index (κ3) is 2.23. The second-order valence-corrected chi connectivity index (χ2v) is 4.71. The summed E-state index contributed by atoms with van der Waals surface area (Å²) in [6, 6.07) is 4.09. The van der Waals surface area contributed by atoms with Gasteiger partial charge in [-0.25, -0.2) is 0 Å². The molecule has 18 heavy (non-hydrogen) atoms. The maximum absolute atomic E-state index is 5.44. The zero-order valence-electron chi connectivity index (χ0n) is 11.4. The van der Waals surface area contributed by atoms with E-state index < -0.39 is 0 Å². The molecule has 2 aromatic rings. The van der Waals surface area contributed by atoms with Gasteiger partial charge in [0.15, 0.2) is 5.82 Å². The highest BCUT2D eigenvalue weighted by Gasteiger charge is 2.15. The SMILES string of the molecule is COc1cc(-c2nc(C)no2)c(C)cc1C(C)C. The number of hydrogen-bond acceptors (Lipinski definition) is 4. The minimum atomic E-state index is 0.414. The second-order valence-electron chi connectivity index (χ2n) is 4.71. The predicted molar refractivity (Wildman–Crippen MR) is 69.8 cm³/mol. The van der Waals surface area contributed by atoms with Crippen LogP contribution < -0.4 is 4.74 Å². The first kappa shape index (κ1) is 12.6. The van der Waals surface area contributed by atoms with Crippen molar-refractivity contribution in [3.8, 4) is 17.2 Å². The minimum Gasteiger partial charge on any atom is -0.496 e. The summed E-state index contributed by atoms with van der Waals surface area (Å²) in [5.41, 5.74) is 3.23. The van der Waals surface area contributed by atoms with Gasteiger partial charge < -0.3 is 9.26 Å². The number of hydrogen-bond donors (Lipinski definition) is 0. The van der Waals surface area contributed by atoms with E-state index in [0.717, 1.165) is 16.9 Å². The molecule has 1 aromatic carbocycles. The molecule has 0 unspecified atom stereocenters. The normalized spacial score (nSPS) is 11.0. The molecule has 0 saturated heterocycles. The molecule has 2 rings (SSSR count). The van der Waals surface area contributed by atoms with Crippen LogP contribution in [0, 0.1) is 13.8 Å². The van der Waals surface area contributed by atoms with E-state index in [2.05, 4.69) is 30.1 Å². The van der Waals surface area contributed by atoms with Gasteiger partial charge in [0.2, 0.25) is 0 Å². The van der Waals surface area contributed by atoms with E-state index in [1.165, 1.54) is 5.56 Å². The fraction of sp³-hybridized carbons (Fsp3) is 0.429. The van der Waals surface area contributed by atoms with E-state index in [1.54, 1.807) is 7.11 Å². The first-order chi connectivity index (χ1) is 8.52. The lowest BCUT2D eigenvalue weighted by molar-refractivity contribution is 0.406. The van der Waals surface area contributed by atoms with Crippen LogP contribution in [0.3, 0.4) is 0 Å². The zero-order valence-corrected chi connectivity index (χ0v) is 11.4. The second kappa shape index (κ2) is 4.80. The first-order valence-corrected chi connectivity index (χ1v) is 6.02. The number of methoxy groups -OCH3 is 1. The molecule has 0 saturated carbocycles. The molecule has 0 radical (unpaired) electrons. The van der Waals surface area contributed by atoms with Crippen LogP contribution in [0.1, 0.15) is 36.7 Å². The highest BCUT2D eigenvalue weighted by atomic mass is 16.5. The molecule has 4 heteroatoms. The Labute approximate surface area is 107 Å². The Morgan fingerprint density at radius 3 is 2.44 bits per heavy atom. The third-order valence-corrected chi connectivity index (χ3v) is 2.96. The molecule has 1 aromatic heterocycles. The number of nitrogens with zero attached hydrogens (tertiary/aromatic N) is 2. The van der Waals surface area contributed by atoms with Gasteiger partial charge in [0.1, 0.15) is 5.75 Å². The van der Waals surface area contributed by atoms with E-state index in [0.29, 0.717) is 17.6 Å². The number of rotatable bonds is 3. The average molecular weight is 246 g/mol. The Morgan fingerprint density at radius 2 is 1.94 bits per heavy atom. The van der Waals surface area contributed by atoms with Crippen LogP contribution in [0.5, 0.6) is 5.75 Å². The number of aryl methyl sites for hydroxylation is 2. The summed E-state index contributed by atoms with van der Waals surface area (Å²) >= 11 is 0. The van der Waals surface area contributed by atoms with E-state index in [9.17, 15) is 0 Å². The van der Waals surface area contributed by atoms with Gasteiger partial charge in [-0.1, -0.05) is 25.1 Å². The highest BCUT2D eigenvalue weighted by Crippen LogP contribution is 2.33. The van der Waals surface area contributed by atoms with Gasteiger partial charge in [-0.05, 0) is 37.0 Å². The van der Waals surface area contributed by atoms with Gasteiger partial charge in [-0.2, -0.15) is 4.98 Å². The van der Waals surface area contributed by atoms with Crippen molar-refractivity contribution in [1.29, 1.82) is 0 Å². The fourth-order valence-electron chi connectivity index (χ4n) is 1.98. The highest BCUT2D eigenvalue weighted by molar-refractivity contribution is 5.63. The van der Waals surface area contributed by atoms with Crippen molar-refractivity contribution in [2.45, 2.75) is 33.6 Å². The molecule has 0 aliphatic heterocycles. The maximum atomic E-state index is 5.44. The molecule has 0 bridgehead atoms. The fourth-order valence-corrected chi connectivity index (χ4v) is 1.98. The van der Waals surface area contributed by atoms with Crippen LogP contribution in [0.25, 0.3) is 11.5 Å². The van der Waals surface area contributed by atoms with Gasteiger partial charge >= 0.3 is 0 Å². The quantitative estimate of drug-likeness (QED) is 0.831. The molecule has 0 aliphatic rings. The molecule has 0 N–H and O–H groups in total. The van der Waals surface area contributed by atoms with E-state index in [-0.39, 0.29) is 0 Å². The van der Waals surface area contributed by atoms with E-state index in [1.807, 2.05) is 19.9 Å². The zero-order chi connectivity index (χ0) is 13.3. The van der Waals surface area contributed by atoms with Crippen LogP contribution in [0.2, 0.25) is 0 Å². The molecule has 0 atom stereocenters. The Kier molecular flexibility index (Phi) is 3.36. The van der Waals surface area contributed by atoms with E-state index >= 15 is 0 Å². The topological polar surface area (TPSA) is 48.2 Å². The Hall–Kier alpha value is -1.84. The molecule has 0 aliphatic carbocycles.